The van der Waals surface area contributed by atoms with Crippen LogP contribution in [0.5, 0.6) is 0 Å². The minimum Gasteiger partial charge on any atom is -0.373 e. The van der Waals surface area contributed by atoms with E-state index in [4.69, 9.17) is 6.42 Å². The summed E-state index contributed by atoms with van der Waals surface area (Å²) in [6.07, 6.45) is 5.12. The molecule has 0 saturated heterocycles. The smallest absolute Gasteiger partial charge is 0.242 e. The van der Waals surface area contributed by atoms with Crippen LogP contribution >= 0.6 is 0 Å². The molecule has 0 aromatic heterocycles. The second-order valence-electron chi connectivity index (χ2n) is 4.31. The molecule has 3 heteroatoms. The van der Waals surface area contributed by atoms with E-state index in [1.165, 1.54) is 0 Å². The molecule has 0 bridgehead atoms. The number of carbonyl (C=O) groups excluding carboxylic acids is 1. The molecule has 0 aliphatic heterocycles. The van der Waals surface area contributed by atoms with E-state index < -0.39 is 0 Å². The van der Waals surface area contributed by atoms with Gasteiger partial charge in [0.2, 0.25) is 5.91 Å². The number of hydrogen-bond acceptors (Lipinski definition) is 2. The van der Waals surface area contributed by atoms with E-state index in [9.17, 15) is 4.79 Å². The highest BCUT2D eigenvalue weighted by molar-refractivity contribution is 5.95. The minimum absolute atomic E-state index is 0.106. The molecular formula is C16H16N2O. The van der Waals surface area contributed by atoms with Crippen LogP contribution in [0.15, 0.2) is 42.5 Å². The van der Waals surface area contributed by atoms with Crippen molar-refractivity contribution in [2.24, 2.45) is 0 Å². The van der Waals surface area contributed by atoms with Crippen molar-refractivity contribution in [1.29, 1.82) is 0 Å². The van der Waals surface area contributed by atoms with Crippen LogP contribution in [0, 0.1) is 12.3 Å². The lowest BCUT2D eigenvalue weighted by molar-refractivity contribution is -0.121. The van der Waals surface area contributed by atoms with E-state index >= 15 is 0 Å². The fraction of sp³-hybridized carbons (Fsp3) is 0.188. The van der Waals surface area contributed by atoms with E-state index in [1.54, 1.807) is 0 Å². The topological polar surface area (TPSA) is 41.1 Å². The van der Waals surface area contributed by atoms with Gasteiger partial charge in [0.05, 0.1) is 6.54 Å². The normalized spacial score (nSPS) is 11.6. The Labute approximate surface area is 113 Å². The van der Waals surface area contributed by atoms with Gasteiger partial charge in [-0.1, -0.05) is 42.3 Å². The van der Waals surface area contributed by atoms with Gasteiger partial charge in [-0.3, -0.25) is 4.79 Å². The maximum atomic E-state index is 11.8. The van der Waals surface area contributed by atoms with E-state index in [0.29, 0.717) is 0 Å². The zero-order chi connectivity index (χ0) is 13.7. The first kappa shape index (κ1) is 13.0. The fourth-order valence-corrected chi connectivity index (χ4v) is 1.94. The van der Waals surface area contributed by atoms with Crippen molar-refractivity contribution in [1.82, 2.24) is 5.32 Å². The van der Waals surface area contributed by atoms with Crippen LogP contribution in [0.4, 0.5) is 5.69 Å². The predicted molar refractivity (Wildman–Crippen MR) is 78.9 cm³/mol. The highest BCUT2D eigenvalue weighted by Crippen LogP contribution is 2.23. The predicted octanol–water partition coefficient (Wildman–Crippen LogP) is 2.39. The summed E-state index contributed by atoms with van der Waals surface area (Å²) in [6.45, 7) is 2.06. The molecule has 2 aromatic carbocycles. The Morgan fingerprint density at radius 3 is 2.79 bits per heavy atom. The van der Waals surface area contributed by atoms with Gasteiger partial charge in [-0.25, -0.2) is 0 Å². The Bertz CT molecular complexity index is 623. The molecule has 1 unspecified atom stereocenters. The van der Waals surface area contributed by atoms with Crippen LogP contribution < -0.4 is 10.6 Å². The Morgan fingerprint density at radius 1 is 1.26 bits per heavy atom. The maximum absolute atomic E-state index is 11.8. The fourth-order valence-electron chi connectivity index (χ4n) is 1.94. The number of amides is 1. The number of fused-ring (bicyclic) bond motifs is 1. The highest BCUT2D eigenvalue weighted by Gasteiger charge is 2.12. The van der Waals surface area contributed by atoms with Crippen LogP contribution in [0.2, 0.25) is 0 Å². The molecule has 2 aromatic rings. The number of terminal acetylenes is 1. The molecule has 0 heterocycles. The zero-order valence-corrected chi connectivity index (χ0v) is 10.8. The first-order chi connectivity index (χ1) is 9.22. The van der Waals surface area contributed by atoms with E-state index in [-0.39, 0.29) is 18.5 Å². The molecule has 2 rings (SSSR count). The third-order valence-corrected chi connectivity index (χ3v) is 2.92. The van der Waals surface area contributed by atoms with Crippen molar-refractivity contribution in [2.45, 2.75) is 13.0 Å². The number of rotatable bonds is 4. The van der Waals surface area contributed by atoms with Crippen molar-refractivity contribution in [2.75, 3.05) is 11.9 Å². The molecule has 19 heavy (non-hydrogen) atoms. The Kier molecular flexibility index (Phi) is 4.04. The number of carbonyl (C=O) groups is 1. The van der Waals surface area contributed by atoms with Gasteiger partial charge in [0.25, 0.3) is 0 Å². The quantitative estimate of drug-likeness (QED) is 0.820. The summed E-state index contributed by atoms with van der Waals surface area (Å²) >= 11 is 0. The molecule has 0 aliphatic rings. The molecule has 1 atom stereocenters. The lowest BCUT2D eigenvalue weighted by Crippen LogP contribution is -2.37. The van der Waals surface area contributed by atoms with Crippen molar-refractivity contribution in [3.05, 3.63) is 42.5 Å². The van der Waals surface area contributed by atoms with Crippen LogP contribution in [0.3, 0.4) is 0 Å². The number of benzene rings is 2. The van der Waals surface area contributed by atoms with Crippen LogP contribution in [-0.4, -0.2) is 18.5 Å². The number of nitrogens with one attached hydrogen (secondary N) is 2. The van der Waals surface area contributed by atoms with Gasteiger partial charge in [0.15, 0.2) is 0 Å². The van der Waals surface area contributed by atoms with Gasteiger partial charge in [-0.15, -0.1) is 6.42 Å². The first-order valence-electron chi connectivity index (χ1n) is 6.18. The molecular weight excluding hydrogens is 236 g/mol. The van der Waals surface area contributed by atoms with Crippen molar-refractivity contribution in [3.63, 3.8) is 0 Å². The van der Waals surface area contributed by atoms with Crippen LogP contribution in [0.25, 0.3) is 10.8 Å². The average Bonchev–Trinajstić information content (AvgIpc) is 2.45. The van der Waals surface area contributed by atoms with Crippen LogP contribution in [0.1, 0.15) is 6.92 Å². The molecule has 3 nitrogen and oxygen atoms in total. The third kappa shape index (κ3) is 3.05. The summed E-state index contributed by atoms with van der Waals surface area (Å²) in [6, 6.07) is 13.7. The lowest BCUT2D eigenvalue weighted by atomic mass is 10.1. The van der Waals surface area contributed by atoms with Gasteiger partial charge in [0.1, 0.15) is 6.04 Å². The maximum Gasteiger partial charge on any atom is 0.242 e. The standard InChI is InChI=1S/C16H16N2O/c1-3-11-17-16(19)12(2)18-15-10-6-8-13-7-4-5-9-14(13)15/h1,4-10,12,18H,11H2,2H3,(H,17,19). The second kappa shape index (κ2) is 5.92. The number of anilines is 1. The van der Waals surface area contributed by atoms with Gasteiger partial charge >= 0.3 is 0 Å². The third-order valence-electron chi connectivity index (χ3n) is 2.92. The number of hydrogen-bond donors (Lipinski definition) is 2. The molecule has 0 radical (unpaired) electrons. The summed E-state index contributed by atoms with van der Waals surface area (Å²) in [5, 5.41) is 8.12. The minimum atomic E-state index is -0.334. The van der Waals surface area contributed by atoms with E-state index in [1.807, 2.05) is 49.4 Å². The Hall–Kier alpha value is -2.47. The van der Waals surface area contributed by atoms with Crippen molar-refractivity contribution in [3.8, 4) is 12.3 Å². The van der Waals surface area contributed by atoms with Crippen molar-refractivity contribution < 1.29 is 4.79 Å². The van der Waals surface area contributed by atoms with Gasteiger partial charge in [-0.2, -0.15) is 0 Å². The van der Waals surface area contributed by atoms with Gasteiger partial charge in [-0.05, 0) is 18.4 Å². The zero-order valence-electron chi connectivity index (χ0n) is 10.8. The molecule has 0 aliphatic carbocycles. The van der Waals surface area contributed by atoms with Crippen molar-refractivity contribution >= 4 is 22.4 Å². The molecule has 0 saturated carbocycles. The van der Waals surface area contributed by atoms with E-state index in [2.05, 4.69) is 16.6 Å². The molecule has 0 fully saturated rings. The Morgan fingerprint density at radius 2 is 2.00 bits per heavy atom. The van der Waals surface area contributed by atoms with Gasteiger partial charge in [0, 0.05) is 11.1 Å². The summed E-state index contributed by atoms with van der Waals surface area (Å²) < 4.78 is 0. The Balaban J connectivity index is 2.17. The molecule has 0 spiro atoms. The monoisotopic (exact) mass is 252 g/mol. The second-order valence-corrected chi connectivity index (χ2v) is 4.31. The SMILES string of the molecule is C#CCNC(=O)C(C)Nc1cccc2ccccc12. The molecule has 2 N–H and O–H groups in total. The summed E-state index contributed by atoms with van der Waals surface area (Å²) in [5.41, 5.74) is 0.946. The largest absolute Gasteiger partial charge is 0.373 e. The average molecular weight is 252 g/mol. The lowest BCUT2D eigenvalue weighted by Gasteiger charge is -2.16. The first-order valence-corrected chi connectivity index (χ1v) is 6.18. The van der Waals surface area contributed by atoms with Gasteiger partial charge < -0.3 is 10.6 Å². The molecule has 1 amide bonds. The molecule has 96 valence electrons. The summed E-state index contributed by atoms with van der Waals surface area (Å²) in [4.78, 5) is 11.8. The van der Waals surface area contributed by atoms with E-state index in [0.717, 1.165) is 16.5 Å². The summed E-state index contributed by atoms with van der Waals surface area (Å²) in [7, 11) is 0. The van der Waals surface area contributed by atoms with Crippen LogP contribution in [-0.2, 0) is 4.79 Å². The highest BCUT2D eigenvalue weighted by atomic mass is 16.2. The summed E-state index contributed by atoms with van der Waals surface area (Å²) in [5.74, 6) is 2.28.